The molecule has 0 bridgehead atoms. The van der Waals surface area contributed by atoms with Gasteiger partial charge in [-0.05, 0) is 55.0 Å². The zero-order chi connectivity index (χ0) is 18.0. The van der Waals surface area contributed by atoms with Crippen LogP contribution in [0.15, 0.2) is 36.7 Å². The van der Waals surface area contributed by atoms with Crippen LogP contribution in [0.4, 0.5) is 4.39 Å². The van der Waals surface area contributed by atoms with Gasteiger partial charge in [0.1, 0.15) is 11.9 Å². The van der Waals surface area contributed by atoms with Crippen molar-refractivity contribution in [1.29, 1.82) is 5.26 Å². The van der Waals surface area contributed by atoms with Crippen molar-refractivity contribution in [3.63, 3.8) is 0 Å². The van der Waals surface area contributed by atoms with Crippen LogP contribution in [-0.4, -0.2) is 19.2 Å². The molecule has 1 N–H and O–H groups in total. The van der Waals surface area contributed by atoms with Crippen LogP contribution in [-0.2, 0) is 10.0 Å². The summed E-state index contributed by atoms with van der Waals surface area (Å²) in [4.78, 5) is 4.20. The van der Waals surface area contributed by atoms with E-state index in [0.717, 1.165) is 18.4 Å². The lowest BCUT2D eigenvalue weighted by Crippen LogP contribution is -2.31. The summed E-state index contributed by atoms with van der Waals surface area (Å²) >= 11 is 0. The highest BCUT2D eigenvalue weighted by Crippen LogP contribution is 2.41. The van der Waals surface area contributed by atoms with Gasteiger partial charge in [0, 0.05) is 18.0 Å². The van der Waals surface area contributed by atoms with Crippen molar-refractivity contribution in [3.05, 3.63) is 53.6 Å². The standard InChI is InChI=1S/C18H18FN3O2S/c1-2-25(23,24)22-18(12-3-4-12)16-7-15(10-21-11-16)13-5-6-14(9-20)17(19)8-13/h5-8,10-12,18,22H,2-4H2,1H3. The Morgan fingerprint density at radius 1 is 1.32 bits per heavy atom. The summed E-state index contributed by atoms with van der Waals surface area (Å²) in [6.45, 7) is 1.60. The van der Waals surface area contributed by atoms with Crippen LogP contribution in [0.1, 0.15) is 36.9 Å². The minimum absolute atomic E-state index is 0.0144. The van der Waals surface area contributed by atoms with E-state index in [2.05, 4.69) is 9.71 Å². The maximum Gasteiger partial charge on any atom is 0.211 e. The number of rotatable bonds is 6. The second-order valence-electron chi connectivity index (χ2n) is 6.15. The van der Waals surface area contributed by atoms with E-state index >= 15 is 0 Å². The van der Waals surface area contributed by atoms with Gasteiger partial charge in [0.05, 0.1) is 17.4 Å². The quantitative estimate of drug-likeness (QED) is 0.859. The first-order valence-corrected chi connectivity index (χ1v) is 9.73. The van der Waals surface area contributed by atoms with Gasteiger partial charge in [-0.15, -0.1) is 0 Å². The molecule has 25 heavy (non-hydrogen) atoms. The lowest BCUT2D eigenvalue weighted by molar-refractivity contribution is 0.529. The molecular weight excluding hydrogens is 341 g/mol. The fourth-order valence-electron chi connectivity index (χ4n) is 2.71. The highest BCUT2D eigenvalue weighted by molar-refractivity contribution is 7.89. The molecule has 0 aliphatic heterocycles. The van der Waals surface area contributed by atoms with Crippen LogP contribution in [0.25, 0.3) is 11.1 Å². The van der Waals surface area contributed by atoms with Crippen molar-refractivity contribution < 1.29 is 12.8 Å². The van der Waals surface area contributed by atoms with E-state index in [-0.39, 0.29) is 23.3 Å². The van der Waals surface area contributed by atoms with Crippen LogP contribution in [0.3, 0.4) is 0 Å². The summed E-state index contributed by atoms with van der Waals surface area (Å²) in [6.07, 6.45) is 5.17. The third-order valence-corrected chi connectivity index (χ3v) is 5.69. The molecule has 0 saturated heterocycles. The Bertz CT molecular complexity index is 934. The summed E-state index contributed by atoms with van der Waals surface area (Å²) < 4.78 is 40.6. The Kier molecular flexibility index (Phi) is 4.84. The van der Waals surface area contributed by atoms with E-state index in [1.165, 1.54) is 12.1 Å². The van der Waals surface area contributed by atoms with Crippen molar-refractivity contribution >= 4 is 10.0 Å². The van der Waals surface area contributed by atoms with Crippen LogP contribution in [0, 0.1) is 23.1 Å². The molecule has 1 aliphatic rings. The van der Waals surface area contributed by atoms with Gasteiger partial charge in [-0.2, -0.15) is 5.26 Å². The van der Waals surface area contributed by atoms with Crippen LogP contribution in [0.2, 0.25) is 0 Å². The van der Waals surface area contributed by atoms with E-state index in [4.69, 9.17) is 5.26 Å². The van der Waals surface area contributed by atoms with E-state index in [1.54, 1.807) is 31.5 Å². The summed E-state index contributed by atoms with van der Waals surface area (Å²) in [6, 6.07) is 7.68. The van der Waals surface area contributed by atoms with Crippen molar-refractivity contribution in [2.75, 3.05) is 5.75 Å². The van der Waals surface area contributed by atoms with Crippen LogP contribution >= 0.6 is 0 Å². The summed E-state index contributed by atoms with van der Waals surface area (Å²) in [5.74, 6) is -0.309. The minimum Gasteiger partial charge on any atom is -0.264 e. The SMILES string of the molecule is CCS(=O)(=O)NC(c1cncc(-c2ccc(C#N)c(F)c2)c1)C1CC1. The van der Waals surface area contributed by atoms with Gasteiger partial charge >= 0.3 is 0 Å². The summed E-state index contributed by atoms with van der Waals surface area (Å²) in [5.41, 5.74) is 2.03. The van der Waals surface area contributed by atoms with Gasteiger partial charge in [0.2, 0.25) is 10.0 Å². The van der Waals surface area contributed by atoms with E-state index in [0.29, 0.717) is 11.1 Å². The lowest BCUT2D eigenvalue weighted by atomic mass is 10.00. The van der Waals surface area contributed by atoms with E-state index in [1.807, 2.05) is 6.07 Å². The molecule has 0 radical (unpaired) electrons. The van der Waals surface area contributed by atoms with Gasteiger partial charge < -0.3 is 0 Å². The minimum atomic E-state index is -3.34. The van der Waals surface area contributed by atoms with Crippen molar-refractivity contribution in [2.45, 2.75) is 25.8 Å². The second-order valence-corrected chi connectivity index (χ2v) is 8.19. The molecule has 1 atom stereocenters. The molecule has 1 aliphatic carbocycles. The molecule has 5 nitrogen and oxygen atoms in total. The molecule has 2 aromatic rings. The largest absolute Gasteiger partial charge is 0.264 e. The highest BCUT2D eigenvalue weighted by atomic mass is 32.2. The van der Waals surface area contributed by atoms with Gasteiger partial charge in [-0.25, -0.2) is 17.5 Å². The number of nitrogens with zero attached hydrogens (tertiary/aromatic N) is 2. The maximum atomic E-state index is 13.9. The molecule has 1 heterocycles. The van der Waals surface area contributed by atoms with Gasteiger partial charge in [-0.1, -0.05) is 6.07 Å². The Morgan fingerprint density at radius 2 is 2.08 bits per heavy atom. The Balaban J connectivity index is 1.95. The first-order valence-electron chi connectivity index (χ1n) is 8.08. The number of halogens is 1. The number of sulfonamides is 1. The third kappa shape index (κ3) is 4.03. The smallest absolute Gasteiger partial charge is 0.211 e. The predicted molar refractivity (Wildman–Crippen MR) is 92.4 cm³/mol. The van der Waals surface area contributed by atoms with Gasteiger partial charge in [-0.3, -0.25) is 4.98 Å². The maximum absolute atomic E-state index is 13.9. The first-order chi connectivity index (χ1) is 11.9. The fraction of sp³-hybridized carbons (Fsp3) is 0.333. The lowest BCUT2D eigenvalue weighted by Gasteiger charge is -2.18. The van der Waals surface area contributed by atoms with Crippen molar-refractivity contribution in [2.24, 2.45) is 5.92 Å². The topological polar surface area (TPSA) is 82.8 Å². The molecule has 0 amide bonds. The highest BCUT2D eigenvalue weighted by Gasteiger charge is 2.35. The molecule has 1 saturated carbocycles. The average molecular weight is 359 g/mol. The molecule has 3 rings (SSSR count). The Hall–Kier alpha value is -2.30. The molecule has 1 aromatic carbocycles. The molecule has 7 heteroatoms. The van der Waals surface area contributed by atoms with E-state index < -0.39 is 15.8 Å². The molecule has 1 unspecified atom stereocenters. The number of aromatic nitrogens is 1. The summed E-state index contributed by atoms with van der Waals surface area (Å²) in [7, 11) is -3.34. The number of benzene rings is 1. The van der Waals surface area contributed by atoms with Gasteiger partial charge in [0.15, 0.2) is 0 Å². The monoisotopic (exact) mass is 359 g/mol. The van der Waals surface area contributed by atoms with Crippen molar-refractivity contribution in [3.8, 4) is 17.2 Å². The third-order valence-electron chi connectivity index (χ3n) is 4.32. The zero-order valence-electron chi connectivity index (χ0n) is 13.7. The Labute approximate surface area is 146 Å². The van der Waals surface area contributed by atoms with E-state index in [9.17, 15) is 12.8 Å². The number of pyridine rings is 1. The molecular formula is C18H18FN3O2S. The summed E-state index contributed by atoms with van der Waals surface area (Å²) in [5, 5.41) is 8.83. The number of nitriles is 1. The fourth-order valence-corrected chi connectivity index (χ4v) is 3.60. The predicted octanol–water partition coefficient (Wildman–Crippen LogP) is 3.15. The second kappa shape index (κ2) is 6.90. The number of hydrogen-bond donors (Lipinski definition) is 1. The first kappa shape index (κ1) is 17.5. The molecule has 130 valence electrons. The van der Waals surface area contributed by atoms with Crippen molar-refractivity contribution in [1.82, 2.24) is 9.71 Å². The molecule has 1 aromatic heterocycles. The number of nitrogens with one attached hydrogen (secondary N) is 1. The normalized spacial score (nSPS) is 15.6. The average Bonchev–Trinajstić information content (AvgIpc) is 3.45. The van der Waals surface area contributed by atoms with Crippen LogP contribution < -0.4 is 4.72 Å². The molecule has 0 spiro atoms. The van der Waals surface area contributed by atoms with Gasteiger partial charge in [0.25, 0.3) is 0 Å². The zero-order valence-corrected chi connectivity index (χ0v) is 14.6. The Morgan fingerprint density at radius 3 is 2.68 bits per heavy atom. The van der Waals surface area contributed by atoms with Crippen LogP contribution in [0.5, 0.6) is 0 Å². The number of hydrogen-bond acceptors (Lipinski definition) is 4. The molecule has 1 fully saturated rings.